The average Bonchev–Trinajstić information content (AvgIpc) is 3.48. The van der Waals surface area contributed by atoms with E-state index in [-0.39, 0.29) is 34.1 Å². The molecule has 0 radical (unpaired) electrons. The van der Waals surface area contributed by atoms with Crippen LogP contribution in [0.5, 0.6) is 0 Å². The molecule has 1 aliphatic carbocycles. The predicted molar refractivity (Wildman–Crippen MR) is 163 cm³/mol. The monoisotopic (exact) mass is 595 g/mol. The average molecular weight is 596 g/mol. The van der Waals surface area contributed by atoms with E-state index >= 15 is 0 Å². The third-order valence-corrected chi connectivity index (χ3v) is 9.67. The molecular formula is C32H38ClN3O4S. The van der Waals surface area contributed by atoms with Gasteiger partial charge in [0.25, 0.3) is 10.0 Å². The van der Waals surface area contributed by atoms with Crippen LogP contribution in [0.25, 0.3) is 0 Å². The lowest BCUT2D eigenvalue weighted by Crippen LogP contribution is -2.54. The number of nitrogens with zero attached hydrogens (tertiary/aromatic N) is 2. The van der Waals surface area contributed by atoms with Crippen molar-refractivity contribution in [2.75, 3.05) is 17.4 Å². The van der Waals surface area contributed by atoms with Gasteiger partial charge in [-0.1, -0.05) is 91.5 Å². The lowest BCUT2D eigenvalue weighted by Gasteiger charge is -2.34. The van der Waals surface area contributed by atoms with Crippen molar-refractivity contribution in [3.63, 3.8) is 0 Å². The highest BCUT2D eigenvalue weighted by Gasteiger charge is 2.34. The van der Waals surface area contributed by atoms with E-state index in [0.717, 1.165) is 41.1 Å². The Morgan fingerprint density at radius 3 is 2.22 bits per heavy atom. The first kappa shape index (κ1) is 30.6. The molecule has 0 aliphatic heterocycles. The van der Waals surface area contributed by atoms with Crippen LogP contribution in [0.3, 0.4) is 0 Å². The fourth-order valence-corrected chi connectivity index (χ4v) is 6.99. The molecule has 0 bridgehead atoms. The topological polar surface area (TPSA) is 86.8 Å². The van der Waals surface area contributed by atoms with Crippen molar-refractivity contribution in [1.29, 1.82) is 0 Å². The van der Waals surface area contributed by atoms with Crippen LogP contribution in [0.15, 0.2) is 83.8 Å². The van der Waals surface area contributed by atoms with Gasteiger partial charge in [0.05, 0.1) is 15.6 Å². The molecule has 1 N–H and O–H groups in total. The molecule has 0 spiro atoms. The molecule has 0 aromatic heterocycles. The zero-order chi connectivity index (χ0) is 29.4. The van der Waals surface area contributed by atoms with Gasteiger partial charge in [-0.2, -0.15) is 0 Å². The highest BCUT2D eigenvalue weighted by atomic mass is 35.5. The molecule has 1 aliphatic rings. The molecule has 2 amide bonds. The summed E-state index contributed by atoms with van der Waals surface area (Å²) in [5.74, 6) is -0.670. The summed E-state index contributed by atoms with van der Waals surface area (Å²) in [6.07, 6.45) is 4.92. The Bertz CT molecular complexity index is 1420. The molecule has 9 heteroatoms. The number of carbonyl (C=O) groups excluding carboxylic acids is 2. The van der Waals surface area contributed by atoms with Gasteiger partial charge in [-0.3, -0.25) is 13.9 Å². The van der Waals surface area contributed by atoms with Gasteiger partial charge in [0.2, 0.25) is 11.8 Å². The van der Waals surface area contributed by atoms with Crippen LogP contribution < -0.4 is 9.62 Å². The van der Waals surface area contributed by atoms with Crippen molar-refractivity contribution in [1.82, 2.24) is 10.2 Å². The van der Waals surface area contributed by atoms with E-state index in [1.807, 2.05) is 44.2 Å². The van der Waals surface area contributed by atoms with E-state index in [1.54, 1.807) is 36.4 Å². The maximum Gasteiger partial charge on any atom is 0.264 e. The van der Waals surface area contributed by atoms with Gasteiger partial charge >= 0.3 is 0 Å². The van der Waals surface area contributed by atoms with Crippen molar-refractivity contribution in [3.05, 3.63) is 95.0 Å². The molecule has 1 saturated carbocycles. The van der Waals surface area contributed by atoms with Gasteiger partial charge < -0.3 is 10.2 Å². The van der Waals surface area contributed by atoms with Crippen molar-refractivity contribution < 1.29 is 18.0 Å². The van der Waals surface area contributed by atoms with Gasteiger partial charge in [0, 0.05) is 12.6 Å². The van der Waals surface area contributed by atoms with E-state index in [4.69, 9.17) is 11.6 Å². The van der Waals surface area contributed by atoms with Crippen LogP contribution in [0.4, 0.5) is 5.69 Å². The minimum atomic E-state index is -4.16. The largest absolute Gasteiger partial charge is 0.352 e. The lowest BCUT2D eigenvalue weighted by atomic mass is 10.1. The van der Waals surface area contributed by atoms with Crippen LogP contribution in [-0.4, -0.2) is 50.3 Å². The Labute approximate surface area is 248 Å². The lowest BCUT2D eigenvalue weighted by molar-refractivity contribution is -0.139. The number of nitrogens with one attached hydrogen (secondary N) is 1. The number of hydrogen-bond acceptors (Lipinski definition) is 4. The van der Waals surface area contributed by atoms with Gasteiger partial charge in [-0.25, -0.2) is 8.42 Å². The van der Waals surface area contributed by atoms with Crippen LogP contribution in [0, 0.1) is 6.92 Å². The van der Waals surface area contributed by atoms with E-state index in [0.29, 0.717) is 12.8 Å². The second-order valence-electron chi connectivity index (χ2n) is 10.5. The van der Waals surface area contributed by atoms with Crippen LogP contribution in [0.1, 0.15) is 50.2 Å². The highest BCUT2D eigenvalue weighted by molar-refractivity contribution is 7.92. The minimum Gasteiger partial charge on any atom is -0.352 e. The van der Waals surface area contributed by atoms with Crippen molar-refractivity contribution in [3.8, 4) is 0 Å². The summed E-state index contributed by atoms with van der Waals surface area (Å²) in [5.41, 5.74) is 2.14. The number of halogens is 1. The number of benzene rings is 3. The molecule has 0 heterocycles. The standard InChI is InChI=1S/C32H38ClN3O4S/c1-3-29(32(38)34-26-13-7-8-14-26)35(22-21-25-11-5-4-6-12-25)31(37)23-36(30-16-10-9-15-28(30)33)41(39,40)27-19-17-24(2)18-20-27/h4-6,9-12,15-20,26,29H,3,7-8,13-14,21-23H2,1-2H3,(H,34,38)/t29-/m0/s1. The molecule has 0 unspecified atom stereocenters. The zero-order valence-corrected chi connectivity index (χ0v) is 25.2. The number of hydrogen-bond donors (Lipinski definition) is 1. The fourth-order valence-electron chi connectivity index (χ4n) is 5.27. The number of para-hydroxylation sites is 1. The highest BCUT2D eigenvalue weighted by Crippen LogP contribution is 2.31. The van der Waals surface area contributed by atoms with E-state index in [1.165, 1.54) is 17.0 Å². The summed E-state index contributed by atoms with van der Waals surface area (Å²) in [6.45, 7) is 3.51. The second-order valence-corrected chi connectivity index (χ2v) is 12.8. The van der Waals surface area contributed by atoms with E-state index in [2.05, 4.69) is 5.32 Å². The summed E-state index contributed by atoms with van der Waals surface area (Å²) in [5, 5.41) is 3.34. The quantitative estimate of drug-likeness (QED) is 0.289. The van der Waals surface area contributed by atoms with Gasteiger partial charge in [0.1, 0.15) is 12.6 Å². The van der Waals surface area contributed by atoms with Crippen LogP contribution >= 0.6 is 11.6 Å². The number of amides is 2. The smallest absolute Gasteiger partial charge is 0.264 e. The van der Waals surface area contributed by atoms with Crippen LogP contribution in [-0.2, 0) is 26.0 Å². The maximum absolute atomic E-state index is 14.1. The first-order valence-electron chi connectivity index (χ1n) is 14.2. The van der Waals surface area contributed by atoms with Crippen molar-refractivity contribution >= 4 is 39.1 Å². The summed E-state index contributed by atoms with van der Waals surface area (Å²) in [7, 11) is -4.16. The summed E-state index contributed by atoms with van der Waals surface area (Å²) in [6, 6.07) is 22.1. The summed E-state index contributed by atoms with van der Waals surface area (Å²) >= 11 is 6.48. The molecule has 4 rings (SSSR count). The molecule has 7 nitrogen and oxygen atoms in total. The third kappa shape index (κ3) is 7.68. The molecule has 218 valence electrons. The van der Waals surface area contributed by atoms with Crippen molar-refractivity contribution in [2.45, 2.75) is 69.4 Å². The molecule has 3 aromatic rings. The number of carbonyl (C=O) groups is 2. The number of aryl methyl sites for hydroxylation is 1. The van der Waals surface area contributed by atoms with Gasteiger partial charge in [-0.15, -0.1) is 0 Å². The SMILES string of the molecule is CC[C@@H](C(=O)NC1CCCC1)N(CCc1ccccc1)C(=O)CN(c1ccccc1Cl)S(=O)(=O)c1ccc(C)cc1. The van der Waals surface area contributed by atoms with E-state index in [9.17, 15) is 18.0 Å². The third-order valence-electron chi connectivity index (χ3n) is 7.58. The molecular weight excluding hydrogens is 558 g/mol. The molecule has 3 aromatic carbocycles. The number of rotatable bonds is 12. The maximum atomic E-state index is 14.1. The Morgan fingerprint density at radius 2 is 1.59 bits per heavy atom. The van der Waals surface area contributed by atoms with E-state index < -0.39 is 28.5 Å². The van der Waals surface area contributed by atoms with Crippen LogP contribution in [0.2, 0.25) is 5.02 Å². The van der Waals surface area contributed by atoms with Gasteiger partial charge in [0.15, 0.2) is 0 Å². The molecule has 1 atom stereocenters. The zero-order valence-electron chi connectivity index (χ0n) is 23.6. The molecule has 1 fully saturated rings. The molecule has 41 heavy (non-hydrogen) atoms. The Balaban J connectivity index is 1.68. The summed E-state index contributed by atoms with van der Waals surface area (Å²) in [4.78, 5) is 29.2. The molecule has 0 saturated heterocycles. The second kappa shape index (κ2) is 14.0. The Hall–Kier alpha value is -3.36. The predicted octanol–water partition coefficient (Wildman–Crippen LogP) is 5.75. The Morgan fingerprint density at radius 1 is 0.951 bits per heavy atom. The Kier molecular flexibility index (Phi) is 10.5. The normalized spacial score (nSPS) is 14.4. The summed E-state index contributed by atoms with van der Waals surface area (Å²) < 4.78 is 29.0. The fraction of sp³-hybridized carbons (Fsp3) is 0.375. The van der Waals surface area contributed by atoms with Gasteiger partial charge in [-0.05, 0) is 62.4 Å². The minimum absolute atomic E-state index is 0.0534. The first-order chi connectivity index (χ1) is 19.7. The van der Waals surface area contributed by atoms with Crippen molar-refractivity contribution in [2.24, 2.45) is 0 Å². The number of sulfonamides is 1. The number of anilines is 1. The first-order valence-corrected chi connectivity index (χ1v) is 16.0.